The molecule has 0 spiro atoms. The molecule has 16 N–H and O–H groups in total. The number of para-hydroxylation sites is 6. The van der Waals surface area contributed by atoms with E-state index in [-0.39, 0.29) is 49.9 Å². The minimum atomic E-state index is -0.979. The number of rotatable bonds is 25. The van der Waals surface area contributed by atoms with Crippen LogP contribution in [0.2, 0.25) is 0 Å². The third-order valence-electron chi connectivity index (χ3n) is 15.5. The van der Waals surface area contributed by atoms with Gasteiger partial charge in [0.2, 0.25) is 0 Å². The number of benzene rings is 13. The van der Waals surface area contributed by atoms with Gasteiger partial charge in [0.15, 0.2) is 43.9 Å². The van der Waals surface area contributed by atoms with E-state index in [1.807, 2.05) is 224 Å². The molecule has 0 heterocycles. The van der Waals surface area contributed by atoms with Crippen LogP contribution in [0.25, 0.3) is 0 Å². The second kappa shape index (κ2) is 64.6. The zero-order valence-corrected chi connectivity index (χ0v) is 68.1. The maximum atomic E-state index is 9.92. The van der Waals surface area contributed by atoms with E-state index in [9.17, 15) is 10.2 Å². The van der Waals surface area contributed by atoms with Crippen LogP contribution in [0.15, 0.2) is 374 Å². The van der Waals surface area contributed by atoms with E-state index in [1.54, 1.807) is 84.4 Å². The van der Waals surface area contributed by atoms with E-state index in [0.717, 1.165) is 103 Å². The van der Waals surface area contributed by atoms with Crippen LogP contribution in [0.1, 0.15) is 11.1 Å². The molecule has 0 bridgehead atoms. The number of anilines is 9. The summed E-state index contributed by atoms with van der Waals surface area (Å²) in [6.45, 7) is 0. The van der Waals surface area contributed by atoms with Crippen molar-refractivity contribution in [3.63, 3.8) is 0 Å². The van der Waals surface area contributed by atoms with Crippen LogP contribution in [0.3, 0.4) is 0 Å². The Morgan fingerprint density at radius 1 is 0.273 bits per heavy atom. The van der Waals surface area contributed by atoms with Crippen molar-refractivity contribution in [2.45, 2.75) is 37.4 Å². The van der Waals surface area contributed by atoms with Crippen molar-refractivity contribution in [3.05, 3.63) is 375 Å². The monoisotopic (exact) mass is 1630 g/mol. The van der Waals surface area contributed by atoms with E-state index in [2.05, 4.69) is 134 Å². The Bertz CT molecular complexity index is 4360. The Hall–Kier alpha value is -15.7. The first-order valence-corrected chi connectivity index (χ1v) is 37.5. The first kappa shape index (κ1) is 99.5. The lowest BCUT2D eigenvalue weighted by Crippen LogP contribution is -2.46. The van der Waals surface area contributed by atoms with Gasteiger partial charge in [0.1, 0.15) is 41.0 Å². The Labute approximate surface area is 708 Å². The Morgan fingerprint density at radius 3 is 0.727 bits per heavy atom. The standard InChI is InChI=1S/C27H27N3.C16H16N2O2.C15H17NO2.3C7H9NO.2C6H7N.3C2H2O2/c1-5-13-22(14-6-1)21-26(28-23-15-7-2-8-16-23)27(29-24-17-9-3-10-18-24)30-25-19-11-4-12-20-25;1-19-15-7-3-13(4-8-15)17-11-12-18-14-5-9-16(20-2)10-6-14;17-14(11-12-7-3-1-4-8-12)15(18)16-13-9-5-2-6-10-13;3*1-9-7-4-2-6(8)3-5-7;2*7-6-4-2-1-3-5-6;3*3-1-2-4/h1-20,26-30H,21H2;3-12H,1-2H3;1-10,14-18H,11H2;3*2-5H,8H2,1H3;2*1-5H,7H2;3*1-2H. The molecule has 0 saturated carbocycles. The van der Waals surface area contributed by atoms with Crippen molar-refractivity contribution in [3.8, 4) is 28.7 Å². The molecule has 24 nitrogen and oxygen atoms in total. The summed E-state index contributed by atoms with van der Waals surface area (Å²) in [5.41, 5.74) is 39.0. The number of carbonyl (C=O) groups is 6. The minimum Gasteiger partial charge on any atom is -0.497 e. The van der Waals surface area contributed by atoms with Crippen molar-refractivity contribution in [1.82, 2.24) is 0 Å². The number of hydrogen-bond acceptors (Lipinski definition) is 24. The van der Waals surface area contributed by atoms with Crippen LogP contribution in [-0.2, 0) is 41.6 Å². The predicted octanol–water partition coefficient (Wildman–Crippen LogP) is 16.6. The average Bonchev–Trinajstić information content (AvgIpc) is 0.851. The third kappa shape index (κ3) is 48.3. The summed E-state index contributed by atoms with van der Waals surface area (Å²) in [4.78, 5) is 61.4. The lowest BCUT2D eigenvalue weighted by Gasteiger charge is -2.32. The van der Waals surface area contributed by atoms with Gasteiger partial charge in [0, 0.05) is 70.0 Å². The minimum absolute atomic E-state index is 0.0322. The molecule has 0 saturated heterocycles. The number of aliphatic imine (C=N–C) groups is 2. The fourth-order valence-corrected chi connectivity index (χ4v) is 9.60. The Morgan fingerprint density at radius 2 is 0.488 bits per heavy atom. The van der Waals surface area contributed by atoms with Crippen molar-refractivity contribution in [1.29, 1.82) is 0 Å². The summed E-state index contributed by atoms with van der Waals surface area (Å²) >= 11 is 0. The molecule has 0 aliphatic carbocycles. The number of aliphatic hydroxyl groups is 2. The van der Waals surface area contributed by atoms with E-state index < -0.39 is 12.3 Å². The predicted molar refractivity (Wildman–Crippen MR) is 493 cm³/mol. The number of carbonyl (C=O) groups excluding carboxylic acids is 6. The zero-order valence-electron chi connectivity index (χ0n) is 68.1. The highest BCUT2D eigenvalue weighted by Gasteiger charge is 2.23. The smallest absolute Gasteiger partial charge is 0.182 e. The Balaban J connectivity index is 0.000000368. The highest BCUT2D eigenvalue weighted by Crippen LogP contribution is 2.23. The van der Waals surface area contributed by atoms with E-state index >= 15 is 0 Å². The first-order chi connectivity index (χ1) is 58.9. The number of aldehydes is 6. The van der Waals surface area contributed by atoms with E-state index in [1.165, 1.54) is 5.56 Å². The van der Waals surface area contributed by atoms with E-state index in [4.69, 9.17) is 81.1 Å². The van der Waals surface area contributed by atoms with Crippen LogP contribution >= 0.6 is 0 Å². The van der Waals surface area contributed by atoms with Crippen molar-refractivity contribution >= 4 is 113 Å². The van der Waals surface area contributed by atoms with Crippen molar-refractivity contribution in [2.75, 3.05) is 85.5 Å². The van der Waals surface area contributed by atoms with Crippen LogP contribution < -0.4 is 73.6 Å². The number of hydrogen-bond donors (Lipinski definition) is 11. The number of nitrogens with one attached hydrogen (secondary N) is 4. The van der Waals surface area contributed by atoms with Gasteiger partial charge in [-0.15, -0.1) is 0 Å². The van der Waals surface area contributed by atoms with Gasteiger partial charge in [0.05, 0.1) is 53.0 Å². The van der Waals surface area contributed by atoms with Crippen LogP contribution in [0.4, 0.5) is 62.6 Å². The summed E-state index contributed by atoms with van der Waals surface area (Å²) in [6, 6.07) is 117. The molecule has 24 heteroatoms. The lowest BCUT2D eigenvalue weighted by atomic mass is 10.0. The second-order valence-electron chi connectivity index (χ2n) is 24.4. The summed E-state index contributed by atoms with van der Waals surface area (Å²) in [6.07, 6.45) is 3.93. The van der Waals surface area contributed by atoms with E-state index in [0.29, 0.717) is 6.42 Å². The molecule has 13 aromatic rings. The van der Waals surface area contributed by atoms with Gasteiger partial charge < -0.3 is 83.8 Å². The fourth-order valence-electron chi connectivity index (χ4n) is 9.60. The molecular weight excluding hydrogens is 1530 g/mol. The second-order valence-corrected chi connectivity index (χ2v) is 24.4. The maximum absolute atomic E-state index is 9.92. The maximum Gasteiger partial charge on any atom is 0.182 e. The van der Waals surface area contributed by atoms with Gasteiger partial charge in [-0.25, -0.2) is 0 Å². The number of aliphatic hydroxyl groups excluding tert-OH is 2. The SMILES string of the molecule is COc1ccc(N)cc1.COc1ccc(N)cc1.COc1ccc(N)cc1.COc1ccc(N=CC=Nc2ccc(OC)cc2)cc1.Nc1ccccc1.Nc1ccccc1.O=CC=O.O=CC=O.O=CC=O.OC(Cc1ccccc1)C(O)Nc1ccccc1.c1ccc(CC(Nc2ccccc2)C(Nc2ccccc2)Nc2ccccc2)cc1. The normalized spacial score (nSPS) is 10.3. The van der Waals surface area contributed by atoms with Gasteiger partial charge in [-0.2, -0.15) is 0 Å². The molecule has 13 rings (SSSR count). The number of methoxy groups -OCH3 is 5. The number of ether oxygens (including phenoxy) is 5. The quantitative estimate of drug-likeness (QED) is 0.00832. The first-order valence-electron chi connectivity index (χ1n) is 37.5. The largest absolute Gasteiger partial charge is 0.497 e. The highest BCUT2D eigenvalue weighted by molar-refractivity contribution is 6.17. The topological polar surface area (TPSA) is 392 Å². The van der Waals surface area contributed by atoms with Crippen molar-refractivity contribution in [2.24, 2.45) is 9.98 Å². The fraction of sp³-hybridized carbons (Fsp3) is 0.113. The van der Waals surface area contributed by atoms with Gasteiger partial charge >= 0.3 is 0 Å². The number of nitrogens with two attached hydrogens (primary N) is 5. The Kier molecular flexibility index (Phi) is 53.1. The van der Waals surface area contributed by atoms with Gasteiger partial charge in [-0.05, 0) is 212 Å². The zero-order chi connectivity index (χ0) is 88.0. The number of nitrogens with zero attached hydrogens (tertiary/aromatic N) is 2. The summed E-state index contributed by atoms with van der Waals surface area (Å²) in [7, 11) is 8.17. The molecule has 0 amide bonds. The van der Waals surface area contributed by atoms with Crippen LogP contribution in [0, 0.1) is 0 Å². The third-order valence-corrected chi connectivity index (χ3v) is 15.5. The number of nitrogen functional groups attached to an aromatic ring is 5. The molecule has 121 heavy (non-hydrogen) atoms. The van der Waals surface area contributed by atoms with Gasteiger partial charge in [-0.1, -0.05) is 170 Å². The average molecular weight is 1630 g/mol. The summed E-state index contributed by atoms with van der Waals surface area (Å²) in [5.74, 6) is 4.14. The molecule has 0 aliphatic heterocycles. The molecule has 0 aromatic heterocycles. The van der Waals surface area contributed by atoms with Gasteiger partial charge in [0.25, 0.3) is 0 Å². The highest BCUT2D eigenvalue weighted by atomic mass is 16.5. The molecule has 0 fully saturated rings. The van der Waals surface area contributed by atoms with Crippen LogP contribution in [0.5, 0.6) is 28.7 Å². The summed E-state index contributed by atoms with van der Waals surface area (Å²) in [5, 5.41) is 33.8. The molecule has 13 aromatic carbocycles. The molecule has 0 aliphatic rings. The molecule has 3 atom stereocenters. The molecule has 628 valence electrons. The lowest BCUT2D eigenvalue weighted by molar-refractivity contribution is -0.122. The van der Waals surface area contributed by atoms with Gasteiger partial charge in [-0.3, -0.25) is 38.8 Å². The van der Waals surface area contributed by atoms with Crippen LogP contribution in [-0.4, -0.2) is 120 Å². The molecule has 0 radical (unpaired) electrons. The van der Waals surface area contributed by atoms with Crippen molar-refractivity contribution < 1.29 is 62.7 Å². The molecule has 3 unspecified atom stereocenters. The molecular formula is C97H107N11O13. The summed E-state index contributed by atoms with van der Waals surface area (Å²) < 4.78 is 24.9.